The fourth-order valence-electron chi connectivity index (χ4n) is 2.10. The second-order valence-electron chi connectivity index (χ2n) is 4.88. The molecule has 0 radical (unpaired) electrons. The summed E-state index contributed by atoms with van der Waals surface area (Å²) < 4.78 is 0.572. The molecule has 0 aromatic heterocycles. The molecule has 20 heavy (non-hydrogen) atoms. The van der Waals surface area contributed by atoms with E-state index in [0.717, 1.165) is 16.8 Å². The fraction of sp³-hybridized carbons (Fsp3) is 0.188. The summed E-state index contributed by atoms with van der Waals surface area (Å²) in [6.07, 6.45) is 0. The van der Waals surface area contributed by atoms with Gasteiger partial charge in [0.2, 0.25) is 0 Å². The lowest BCUT2D eigenvalue weighted by molar-refractivity contribution is 0.0992. The fourth-order valence-corrected chi connectivity index (χ4v) is 2.35. The zero-order valence-corrected chi connectivity index (χ0v) is 13.2. The second kappa shape index (κ2) is 5.67. The molecular weight excluding hydrogens is 318 g/mol. The van der Waals surface area contributed by atoms with Crippen LogP contribution in [0.25, 0.3) is 0 Å². The van der Waals surface area contributed by atoms with Crippen LogP contribution in [0.15, 0.2) is 40.9 Å². The Labute approximate surface area is 127 Å². The molecule has 0 saturated carbocycles. The van der Waals surface area contributed by atoms with Gasteiger partial charge in [0.1, 0.15) is 5.75 Å². The Bertz CT molecular complexity index is 647. The number of anilines is 1. The summed E-state index contributed by atoms with van der Waals surface area (Å²) in [4.78, 5) is 14.0. The number of amides is 1. The molecule has 3 nitrogen and oxygen atoms in total. The average Bonchev–Trinajstić information content (AvgIpc) is 2.39. The van der Waals surface area contributed by atoms with Crippen LogP contribution in [0, 0.1) is 13.8 Å². The van der Waals surface area contributed by atoms with E-state index in [0.29, 0.717) is 10.0 Å². The number of phenolic OH excluding ortho intramolecular Hbond substituents is 1. The normalized spacial score (nSPS) is 10.4. The molecule has 2 rings (SSSR count). The first-order chi connectivity index (χ1) is 9.38. The van der Waals surface area contributed by atoms with Gasteiger partial charge in [0.05, 0.1) is 4.47 Å². The number of aryl methyl sites for hydroxylation is 2. The summed E-state index contributed by atoms with van der Waals surface area (Å²) in [5.41, 5.74) is 3.51. The van der Waals surface area contributed by atoms with Crippen molar-refractivity contribution in [2.45, 2.75) is 13.8 Å². The van der Waals surface area contributed by atoms with E-state index < -0.39 is 0 Å². The molecule has 2 aromatic carbocycles. The number of halogens is 1. The van der Waals surface area contributed by atoms with E-state index in [1.807, 2.05) is 26.0 Å². The molecule has 2 aromatic rings. The number of rotatable bonds is 2. The number of phenols is 1. The van der Waals surface area contributed by atoms with Crippen molar-refractivity contribution in [2.75, 3.05) is 11.9 Å². The average molecular weight is 334 g/mol. The van der Waals surface area contributed by atoms with Gasteiger partial charge in [0.25, 0.3) is 5.91 Å². The molecule has 0 aliphatic rings. The molecule has 4 heteroatoms. The van der Waals surface area contributed by atoms with Crippen molar-refractivity contribution in [1.82, 2.24) is 0 Å². The largest absolute Gasteiger partial charge is 0.507 e. The van der Waals surface area contributed by atoms with E-state index in [4.69, 9.17) is 0 Å². The zero-order valence-electron chi connectivity index (χ0n) is 11.6. The highest BCUT2D eigenvalue weighted by Gasteiger charge is 2.15. The van der Waals surface area contributed by atoms with Gasteiger partial charge in [-0.15, -0.1) is 0 Å². The standard InChI is InChI=1S/C16H16BrNO2/c1-10-6-11(2)8-13(7-10)18(3)16(20)12-4-5-14(17)15(19)9-12/h4-9,19H,1-3H3. The van der Waals surface area contributed by atoms with E-state index in [2.05, 4.69) is 22.0 Å². The maximum Gasteiger partial charge on any atom is 0.258 e. The number of aromatic hydroxyl groups is 1. The molecule has 104 valence electrons. The maximum absolute atomic E-state index is 12.4. The van der Waals surface area contributed by atoms with Gasteiger partial charge in [-0.05, 0) is 71.2 Å². The van der Waals surface area contributed by atoms with Crippen molar-refractivity contribution < 1.29 is 9.90 Å². The minimum Gasteiger partial charge on any atom is -0.507 e. The smallest absolute Gasteiger partial charge is 0.258 e. The third kappa shape index (κ3) is 3.02. The first-order valence-electron chi connectivity index (χ1n) is 6.23. The molecule has 0 fully saturated rings. The Morgan fingerprint density at radius 3 is 2.25 bits per heavy atom. The minimum atomic E-state index is -0.155. The summed E-state index contributed by atoms with van der Waals surface area (Å²) in [5, 5.41) is 9.67. The lowest BCUT2D eigenvalue weighted by Crippen LogP contribution is -2.26. The van der Waals surface area contributed by atoms with Crippen LogP contribution in [0.1, 0.15) is 21.5 Å². The Kier molecular flexibility index (Phi) is 4.14. The van der Waals surface area contributed by atoms with E-state index in [1.165, 1.54) is 6.07 Å². The zero-order chi connectivity index (χ0) is 14.9. The first kappa shape index (κ1) is 14.6. The lowest BCUT2D eigenvalue weighted by Gasteiger charge is -2.19. The van der Waals surface area contributed by atoms with Crippen molar-refractivity contribution >= 4 is 27.5 Å². The molecule has 0 aliphatic heterocycles. The maximum atomic E-state index is 12.4. The van der Waals surface area contributed by atoms with Crippen molar-refractivity contribution in [3.05, 3.63) is 57.6 Å². The molecule has 1 amide bonds. The molecule has 1 N–H and O–H groups in total. The molecule has 0 heterocycles. The minimum absolute atomic E-state index is 0.0599. The van der Waals surface area contributed by atoms with Crippen molar-refractivity contribution in [3.63, 3.8) is 0 Å². The summed E-state index contributed by atoms with van der Waals surface area (Å²) in [5.74, 6) is -0.0949. The third-order valence-electron chi connectivity index (χ3n) is 3.09. The summed E-state index contributed by atoms with van der Waals surface area (Å²) in [6.45, 7) is 4.00. The van der Waals surface area contributed by atoms with Crippen molar-refractivity contribution in [3.8, 4) is 5.75 Å². The number of carbonyl (C=O) groups excluding carboxylic acids is 1. The Balaban J connectivity index is 2.34. The van der Waals surface area contributed by atoms with Gasteiger partial charge in [-0.1, -0.05) is 6.07 Å². The molecular formula is C16H16BrNO2. The van der Waals surface area contributed by atoms with Crippen LogP contribution in [-0.2, 0) is 0 Å². The van der Waals surface area contributed by atoms with Crippen LogP contribution in [0.2, 0.25) is 0 Å². The number of nitrogens with zero attached hydrogens (tertiary/aromatic N) is 1. The molecule has 0 spiro atoms. The lowest BCUT2D eigenvalue weighted by atomic mass is 10.1. The van der Waals surface area contributed by atoms with Gasteiger partial charge in [0.15, 0.2) is 0 Å². The van der Waals surface area contributed by atoms with Crippen molar-refractivity contribution in [2.24, 2.45) is 0 Å². The molecule has 0 atom stereocenters. The Hall–Kier alpha value is -1.81. The predicted molar refractivity (Wildman–Crippen MR) is 84.5 cm³/mol. The van der Waals surface area contributed by atoms with E-state index in [9.17, 15) is 9.90 Å². The topological polar surface area (TPSA) is 40.5 Å². The summed E-state index contributed by atoms with van der Waals surface area (Å²) in [6, 6.07) is 10.8. The van der Waals surface area contributed by atoms with Crippen molar-refractivity contribution in [1.29, 1.82) is 0 Å². The van der Waals surface area contributed by atoms with Gasteiger partial charge in [-0.3, -0.25) is 4.79 Å². The summed E-state index contributed by atoms with van der Waals surface area (Å²) >= 11 is 3.20. The molecule has 0 bridgehead atoms. The van der Waals surface area contributed by atoms with E-state index >= 15 is 0 Å². The Morgan fingerprint density at radius 2 is 1.70 bits per heavy atom. The molecule has 0 aliphatic carbocycles. The van der Waals surface area contributed by atoms with E-state index in [1.54, 1.807) is 24.1 Å². The van der Waals surface area contributed by atoms with Gasteiger partial charge in [-0.2, -0.15) is 0 Å². The number of hydrogen-bond donors (Lipinski definition) is 1. The third-order valence-corrected chi connectivity index (χ3v) is 3.76. The van der Waals surface area contributed by atoms with Gasteiger partial charge in [-0.25, -0.2) is 0 Å². The molecule has 0 unspecified atom stereocenters. The van der Waals surface area contributed by atoms with Crippen LogP contribution in [0.4, 0.5) is 5.69 Å². The van der Waals surface area contributed by atoms with Crippen LogP contribution in [0.5, 0.6) is 5.75 Å². The number of benzene rings is 2. The SMILES string of the molecule is Cc1cc(C)cc(N(C)C(=O)c2ccc(Br)c(O)c2)c1. The number of carbonyl (C=O) groups is 1. The van der Waals surface area contributed by atoms with Crippen LogP contribution in [-0.4, -0.2) is 18.1 Å². The van der Waals surface area contributed by atoms with E-state index in [-0.39, 0.29) is 11.7 Å². The number of hydrogen-bond acceptors (Lipinski definition) is 2. The van der Waals surface area contributed by atoms with Crippen LogP contribution in [0.3, 0.4) is 0 Å². The highest BCUT2D eigenvalue weighted by Crippen LogP contribution is 2.26. The van der Waals surface area contributed by atoms with Gasteiger partial charge < -0.3 is 10.0 Å². The van der Waals surface area contributed by atoms with Gasteiger partial charge in [0, 0.05) is 18.3 Å². The second-order valence-corrected chi connectivity index (χ2v) is 5.73. The molecule has 0 saturated heterocycles. The first-order valence-corrected chi connectivity index (χ1v) is 7.02. The van der Waals surface area contributed by atoms with Crippen LogP contribution >= 0.6 is 15.9 Å². The predicted octanol–water partition coefficient (Wildman–Crippen LogP) is 4.05. The highest BCUT2D eigenvalue weighted by molar-refractivity contribution is 9.10. The highest BCUT2D eigenvalue weighted by atomic mass is 79.9. The quantitative estimate of drug-likeness (QED) is 0.900. The Morgan fingerprint density at radius 1 is 1.10 bits per heavy atom. The van der Waals surface area contributed by atoms with Crippen LogP contribution < -0.4 is 4.90 Å². The monoisotopic (exact) mass is 333 g/mol. The van der Waals surface area contributed by atoms with Gasteiger partial charge >= 0.3 is 0 Å². The summed E-state index contributed by atoms with van der Waals surface area (Å²) in [7, 11) is 1.73.